The summed E-state index contributed by atoms with van der Waals surface area (Å²) < 4.78 is 29.8. The largest absolute Gasteiger partial charge is 0.321 e. The molecule has 4 aromatic rings. The Balaban J connectivity index is 1.43. The number of aryl methyl sites for hydroxylation is 2. The lowest BCUT2D eigenvalue weighted by molar-refractivity contribution is 0.102. The van der Waals surface area contributed by atoms with Crippen molar-refractivity contribution in [3.05, 3.63) is 101 Å². The van der Waals surface area contributed by atoms with Crippen molar-refractivity contribution >= 4 is 27.3 Å². The molecule has 0 fully saturated rings. The van der Waals surface area contributed by atoms with Crippen LogP contribution in [0.25, 0.3) is 0 Å². The first-order valence-corrected chi connectivity index (χ1v) is 11.7. The van der Waals surface area contributed by atoms with Crippen LogP contribution in [0.2, 0.25) is 0 Å². The Morgan fingerprint density at radius 1 is 0.909 bits per heavy atom. The van der Waals surface area contributed by atoms with E-state index in [2.05, 4.69) is 20.4 Å². The fourth-order valence-electron chi connectivity index (χ4n) is 3.33. The summed E-state index contributed by atoms with van der Waals surface area (Å²) in [7, 11) is -3.77. The van der Waals surface area contributed by atoms with Crippen LogP contribution < -0.4 is 10.0 Å². The van der Waals surface area contributed by atoms with Crippen molar-refractivity contribution in [1.29, 1.82) is 0 Å². The van der Waals surface area contributed by atoms with E-state index in [-0.39, 0.29) is 10.6 Å². The molecule has 0 spiro atoms. The number of rotatable bonds is 7. The van der Waals surface area contributed by atoms with Crippen LogP contribution in [0.1, 0.15) is 27.2 Å². The Hall–Kier alpha value is -3.98. The van der Waals surface area contributed by atoms with Crippen LogP contribution in [0.15, 0.2) is 83.9 Å². The Morgan fingerprint density at radius 2 is 1.58 bits per heavy atom. The molecule has 2 N–H and O–H groups in total. The van der Waals surface area contributed by atoms with E-state index in [4.69, 9.17) is 0 Å². The quantitative estimate of drug-likeness (QED) is 0.433. The van der Waals surface area contributed by atoms with Gasteiger partial charge in [0.15, 0.2) is 5.69 Å². The summed E-state index contributed by atoms with van der Waals surface area (Å²) in [6.45, 7) is 4.19. The molecule has 3 aromatic carbocycles. The number of hydrogen-bond acceptors (Lipinski definition) is 5. The first-order chi connectivity index (χ1) is 15.8. The van der Waals surface area contributed by atoms with Gasteiger partial charge in [-0.25, -0.2) is 13.1 Å². The zero-order chi connectivity index (χ0) is 23.4. The van der Waals surface area contributed by atoms with Gasteiger partial charge in [-0.05, 0) is 54.8 Å². The SMILES string of the molecule is Cc1cccc(C)c1NS(=O)(=O)c1ccc(NC(=O)c2cn(Cc3ccccc3)nn2)cc1. The Labute approximate surface area is 192 Å². The molecule has 1 amide bonds. The molecule has 1 aromatic heterocycles. The molecule has 8 nitrogen and oxygen atoms in total. The summed E-state index contributed by atoms with van der Waals surface area (Å²) in [5, 5.41) is 10.6. The summed E-state index contributed by atoms with van der Waals surface area (Å²) in [6, 6.07) is 21.2. The minimum Gasteiger partial charge on any atom is -0.321 e. The highest BCUT2D eigenvalue weighted by Crippen LogP contribution is 2.24. The van der Waals surface area contributed by atoms with Gasteiger partial charge in [-0.1, -0.05) is 53.7 Å². The molecule has 9 heteroatoms. The van der Waals surface area contributed by atoms with E-state index in [0.29, 0.717) is 17.9 Å². The van der Waals surface area contributed by atoms with Crippen molar-refractivity contribution in [2.45, 2.75) is 25.3 Å². The maximum absolute atomic E-state index is 12.8. The van der Waals surface area contributed by atoms with E-state index >= 15 is 0 Å². The maximum Gasteiger partial charge on any atom is 0.277 e. The molecular formula is C24H23N5O3S. The van der Waals surface area contributed by atoms with Gasteiger partial charge in [0.25, 0.3) is 15.9 Å². The minimum atomic E-state index is -3.77. The van der Waals surface area contributed by atoms with Gasteiger partial charge in [-0.2, -0.15) is 0 Å². The third kappa shape index (κ3) is 5.27. The number of nitrogens with zero attached hydrogens (tertiary/aromatic N) is 3. The minimum absolute atomic E-state index is 0.0944. The van der Waals surface area contributed by atoms with Gasteiger partial charge in [0, 0.05) is 5.69 Å². The van der Waals surface area contributed by atoms with Crippen LogP contribution in [0.5, 0.6) is 0 Å². The average molecular weight is 462 g/mol. The van der Waals surface area contributed by atoms with Gasteiger partial charge in [-0.15, -0.1) is 5.10 Å². The summed E-state index contributed by atoms with van der Waals surface area (Å²) in [4.78, 5) is 12.6. The van der Waals surface area contributed by atoms with Crippen molar-refractivity contribution in [1.82, 2.24) is 15.0 Å². The van der Waals surface area contributed by atoms with Crippen molar-refractivity contribution in [2.75, 3.05) is 10.0 Å². The lowest BCUT2D eigenvalue weighted by atomic mass is 10.1. The number of aromatic nitrogens is 3. The van der Waals surface area contributed by atoms with E-state index in [1.165, 1.54) is 24.3 Å². The molecule has 0 saturated carbocycles. The van der Waals surface area contributed by atoms with Gasteiger partial charge in [0.2, 0.25) is 0 Å². The molecular weight excluding hydrogens is 438 g/mol. The van der Waals surface area contributed by atoms with E-state index in [1.807, 2.05) is 62.4 Å². The summed E-state index contributed by atoms with van der Waals surface area (Å²) in [5.41, 5.74) is 3.89. The van der Waals surface area contributed by atoms with E-state index in [0.717, 1.165) is 16.7 Å². The third-order valence-corrected chi connectivity index (χ3v) is 6.46. The van der Waals surface area contributed by atoms with Crippen molar-refractivity contribution in [3.8, 4) is 0 Å². The fraction of sp³-hybridized carbons (Fsp3) is 0.125. The van der Waals surface area contributed by atoms with Crippen molar-refractivity contribution in [3.63, 3.8) is 0 Å². The van der Waals surface area contributed by atoms with Crippen LogP contribution in [0.4, 0.5) is 11.4 Å². The molecule has 0 saturated heterocycles. The zero-order valence-electron chi connectivity index (χ0n) is 18.2. The number of sulfonamides is 1. The van der Waals surface area contributed by atoms with Gasteiger partial charge in [0.05, 0.1) is 23.3 Å². The first-order valence-electron chi connectivity index (χ1n) is 10.3. The number of amides is 1. The topological polar surface area (TPSA) is 106 Å². The number of carbonyl (C=O) groups excluding carboxylic acids is 1. The van der Waals surface area contributed by atoms with Gasteiger partial charge >= 0.3 is 0 Å². The second-order valence-electron chi connectivity index (χ2n) is 7.64. The lowest BCUT2D eigenvalue weighted by Gasteiger charge is -2.13. The molecule has 0 aliphatic rings. The summed E-state index contributed by atoms with van der Waals surface area (Å²) >= 11 is 0. The fourth-order valence-corrected chi connectivity index (χ4v) is 4.53. The van der Waals surface area contributed by atoms with E-state index in [9.17, 15) is 13.2 Å². The molecule has 0 aliphatic carbocycles. The number of hydrogen-bond donors (Lipinski definition) is 2. The van der Waals surface area contributed by atoms with Gasteiger partial charge in [0.1, 0.15) is 0 Å². The first kappa shape index (κ1) is 22.2. The van der Waals surface area contributed by atoms with Gasteiger partial charge in [-0.3, -0.25) is 9.52 Å². The Kier molecular flexibility index (Phi) is 6.23. The van der Waals surface area contributed by atoms with Crippen molar-refractivity contribution < 1.29 is 13.2 Å². The second kappa shape index (κ2) is 9.25. The number of benzene rings is 3. The molecule has 4 rings (SSSR count). The molecule has 0 unspecified atom stereocenters. The highest BCUT2D eigenvalue weighted by Gasteiger charge is 2.17. The second-order valence-corrected chi connectivity index (χ2v) is 9.32. The third-order valence-electron chi connectivity index (χ3n) is 5.10. The highest BCUT2D eigenvalue weighted by atomic mass is 32.2. The molecule has 168 valence electrons. The monoisotopic (exact) mass is 461 g/mol. The standard InChI is InChI=1S/C24H23N5O3S/c1-17-7-6-8-18(2)23(17)27-33(31,32)21-13-11-20(12-14-21)25-24(30)22-16-29(28-26-22)15-19-9-4-3-5-10-19/h3-14,16,27H,15H2,1-2H3,(H,25,30). The maximum atomic E-state index is 12.8. The van der Waals surface area contributed by atoms with Crippen LogP contribution in [-0.4, -0.2) is 29.3 Å². The van der Waals surface area contributed by atoms with Gasteiger partial charge < -0.3 is 5.32 Å². The molecule has 1 heterocycles. The normalized spacial score (nSPS) is 11.2. The summed E-state index contributed by atoms with van der Waals surface area (Å²) in [5.74, 6) is -0.432. The van der Waals surface area contributed by atoms with Crippen LogP contribution >= 0.6 is 0 Å². The van der Waals surface area contributed by atoms with Crippen LogP contribution in [0, 0.1) is 13.8 Å². The van der Waals surface area contributed by atoms with E-state index in [1.54, 1.807) is 10.9 Å². The number of nitrogens with one attached hydrogen (secondary N) is 2. The predicted molar refractivity (Wildman–Crippen MR) is 127 cm³/mol. The molecule has 33 heavy (non-hydrogen) atoms. The molecule has 0 aliphatic heterocycles. The summed E-state index contributed by atoms with van der Waals surface area (Å²) in [6.07, 6.45) is 1.57. The predicted octanol–water partition coefficient (Wildman–Crippen LogP) is 4.00. The molecule has 0 atom stereocenters. The van der Waals surface area contributed by atoms with Crippen LogP contribution in [0.3, 0.4) is 0 Å². The van der Waals surface area contributed by atoms with Crippen LogP contribution in [-0.2, 0) is 16.6 Å². The lowest BCUT2D eigenvalue weighted by Crippen LogP contribution is -2.15. The van der Waals surface area contributed by atoms with E-state index < -0.39 is 15.9 Å². The Morgan fingerprint density at radius 3 is 2.24 bits per heavy atom. The number of anilines is 2. The molecule has 0 bridgehead atoms. The average Bonchev–Trinajstić information content (AvgIpc) is 3.26. The smallest absolute Gasteiger partial charge is 0.277 e. The van der Waals surface area contributed by atoms with Crippen molar-refractivity contribution in [2.24, 2.45) is 0 Å². The molecule has 0 radical (unpaired) electrons. The number of carbonyl (C=O) groups is 1. The number of para-hydroxylation sites is 1. The zero-order valence-corrected chi connectivity index (χ0v) is 19.0. The Bertz CT molecular complexity index is 1360. The highest BCUT2D eigenvalue weighted by molar-refractivity contribution is 7.92.